The molecule has 0 aromatic carbocycles. The Kier molecular flexibility index (Phi) is 5.92. The zero-order valence-corrected chi connectivity index (χ0v) is 14.4. The van der Waals surface area contributed by atoms with Gasteiger partial charge in [0, 0.05) is 19.1 Å². The van der Waals surface area contributed by atoms with E-state index in [-0.39, 0.29) is 0 Å². The molecule has 0 aromatic rings. The monoisotopic (exact) mass is 280 g/mol. The van der Waals surface area contributed by atoms with E-state index in [0.717, 1.165) is 35.6 Å². The Balaban J connectivity index is 1.88. The van der Waals surface area contributed by atoms with Crippen LogP contribution in [0.5, 0.6) is 0 Å². The quantitative estimate of drug-likeness (QED) is 0.827. The first kappa shape index (κ1) is 16.3. The molecule has 2 aliphatic rings. The number of rotatable bonds is 5. The second kappa shape index (κ2) is 7.26. The van der Waals surface area contributed by atoms with Gasteiger partial charge in [-0.2, -0.15) is 0 Å². The molecule has 2 nitrogen and oxygen atoms in total. The smallest absolute Gasteiger partial charge is 0.0105 e. The Labute approximate surface area is 126 Å². The van der Waals surface area contributed by atoms with E-state index in [9.17, 15) is 0 Å². The van der Waals surface area contributed by atoms with Gasteiger partial charge in [-0.3, -0.25) is 0 Å². The maximum Gasteiger partial charge on any atom is 0.0105 e. The van der Waals surface area contributed by atoms with Crippen LogP contribution in [0, 0.1) is 29.6 Å². The van der Waals surface area contributed by atoms with Gasteiger partial charge in [-0.15, -0.1) is 0 Å². The van der Waals surface area contributed by atoms with Crippen LogP contribution in [0.2, 0.25) is 0 Å². The van der Waals surface area contributed by atoms with E-state index in [2.05, 4.69) is 45.0 Å². The molecule has 0 bridgehead atoms. The van der Waals surface area contributed by atoms with Crippen molar-refractivity contribution in [2.45, 2.75) is 59.4 Å². The standard InChI is InChI=1S/C18H36N2/c1-13(2)15-6-7-18(19-5)17(10-15)12-20-9-8-16(11-20)14(3)4/h13-19H,6-12H2,1-5H3. The van der Waals surface area contributed by atoms with Gasteiger partial charge >= 0.3 is 0 Å². The molecule has 4 atom stereocenters. The molecule has 118 valence electrons. The third kappa shape index (κ3) is 3.98. The fraction of sp³-hybridized carbons (Fsp3) is 1.00. The molecule has 1 saturated carbocycles. The lowest BCUT2D eigenvalue weighted by molar-refractivity contribution is 0.133. The van der Waals surface area contributed by atoms with E-state index in [0.29, 0.717) is 0 Å². The van der Waals surface area contributed by atoms with E-state index < -0.39 is 0 Å². The average molecular weight is 280 g/mol. The van der Waals surface area contributed by atoms with Crippen molar-refractivity contribution in [3.63, 3.8) is 0 Å². The van der Waals surface area contributed by atoms with Crippen LogP contribution in [0.4, 0.5) is 0 Å². The molecular weight excluding hydrogens is 244 g/mol. The van der Waals surface area contributed by atoms with Crippen LogP contribution in [-0.4, -0.2) is 37.6 Å². The highest BCUT2D eigenvalue weighted by molar-refractivity contribution is 4.88. The van der Waals surface area contributed by atoms with Gasteiger partial charge < -0.3 is 10.2 Å². The first-order valence-corrected chi connectivity index (χ1v) is 8.90. The summed E-state index contributed by atoms with van der Waals surface area (Å²) in [5, 5.41) is 3.59. The lowest BCUT2D eigenvalue weighted by Crippen LogP contribution is -2.45. The highest BCUT2D eigenvalue weighted by Crippen LogP contribution is 2.35. The molecule has 0 aromatic heterocycles. The topological polar surface area (TPSA) is 15.3 Å². The molecule has 1 saturated heterocycles. The Morgan fingerprint density at radius 2 is 1.70 bits per heavy atom. The van der Waals surface area contributed by atoms with Crippen LogP contribution in [0.1, 0.15) is 53.4 Å². The molecule has 1 aliphatic carbocycles. The molecule has 1 aliphatic heterocycles. The van der Waals surface area contributed by atoms with Gasteiger partial charge in [0.25, 0.3) is 0 Å². The van der Waals surface area contributed by atoms with Crippen LogP contribution in [0.15, 0.2) is 0 Å². The summed E-state index contributed by atoms with van der Waals surface area (Å²) in [4.78, 5) is 2.75. The van der Waals surface area contributed by atoms with E-state index in [4.69, 9.17) is 0 Å². The predicted molar refractivity (Wildman–Crippen MR) is 87.9 cm³/mol. The maximum absolute atomic E-state index is 3.59. The van der Waals surface area contributed by atoms with E-state index in [1.54, 1.807) is 0 Å². The number of hydrogen-bond donors (Lipinski definition) is 1. The molecule has 1 N–H and O–H groups in total. The molecule has 0 radical (unpaired) electrons. The van der Waals surface area contributed by atoms with Crippen molar-refractivity contribution in [3.8, 4) is 0 Å². The zero-order valence-electron chi connectivity index (χ0n) is 14.4. The lowest BCUT2D eigenvalue weighted by Gasteiger charge is -2.39. The Morgan fingerprint density at radius 3 is 2.25 bits per heavy atom. The fourth-order valence-corrected chi connectivity index (χ4v) is 4.39. The van der Waals surface area contributed by atoms with Crippen molar-refractivity contribution in [1.82, 2.24) is 10.2 Å². The summed E-state index contributed by atoms with van der Waals surface area (Å²) >= 11 is 0. The number of nitrogens with zero attached hydrogens (tertiary/aromatic N) is 1. The second-order valence-electron chi connectivity index (χ2n) is 8.02. The highest BCUT2D eigenvalue weighted by atomic mass is 15.2. The second-order valence-corrected chi connectivity index (χ2v) is 8.02. The fourth-order valence-electron chi connectivity index (χ4n) is 4.39. The highest BCUT2D eigenvalue weighted by Gasteiger charge is 2.34. The van der Waals surface area contributed by atoms with Gasteiger partial charge in [0.2, 0.25) is 0 Å². The summed E-state index contributed by atoms with van der Waals surface area (Å²) in [6.45, 7) is 13.6. The maximum atomic E-state index is 3.59. The van der Waals surface area contributed by atoms with E-state index in [1.807, 2.05) is 0 Å². The molecule has 1 heterocycles. The first-order valence-electron chi connectivity index (χ1n) is 8.90. The molecule has 20 heavy (non-hydrogen) atoms. The number of nitrogens with one attached hydrogen (secondary N) is 1. The van der Waals surface area contributed by atoms with Crippen molar-refractivity contribution in [1.29, 1.82) is 0 Å². The van der Waals surface area contributed by atoms with Gasteiger partial charge in [-0.05, 0) is 68.9 Å². The van der Waals surface area contributed by atoms with Gasteiger partial charge in [-0.1, -0.05) is 27.7 Å². The van der Waals surface area contributed by atoms with Gasteiger partial charge in [0.05, 0.1) is 0 Å². The summed E-state index contributed by atoms with van der Waals surface area (Å²) < 4.78 is 0. The number of hydrogen-bond acceptors (Lipinski definition) is 2. The number of likely N-dealkylation sites (tertiary alicyclic amines) is 1. The molecule has 2 fully saturated rings. The summed E-state index contributed by atoms with van der Waals surface area (Å²) in [7, 11) is 2.16. The summed E-state index contributed by atoms with van der Waals surface area (Å²) in [6, 6.07) is 0.753. The minimum Gasteiger partial charge on any atom is -0.317 e. The first-order chi connectivity index (χ1) is 9.51. The van der Waals surface area contributed by atoms with Crippen molar-refractivity contribution in [3.05, 3.63) is 0 Å². The SMILES string of the molecule is CNC1CCC(C(C)C)CC1CN1CCC(C(C)C)C1. The van der Waals surface area contributed by atoms with E-state index >= 15 is 0 Å². The van der Waals surface area contributed by atoms with Gasteiger partial charge in [0.1, 0.15) is 0 Å². The third-order valence-corrected chi connectivity index (χ3v) is 6.08. The van der Waals surface area contributed by atoms with Crippen molar-refractivity contribution >= 4 is 0 Å². The largest absolute Gasteiger partial charge is 0.317 e. The third-order valence-electron chi connectivity index (χ3n) is 6.08. The van der Waals surface area contributed by atoms with Crippen molar-refractivity contribution < 1.29 is 0 Å². The van der Waals surface area contributed by atoms with Crippen molar-refractivity contribution in [2.75, 3.05) is 26.7 Å². The van der Waals surface area contributed by atoms with Crippen molar-refractivity contribution in [2.24, 2.45) is 29.6 Å². The normalized spacial score (nSPS) is 36.1. The molecule has 2 rings (SSSR count). The van der Waals surface area contributed by atoms with Crippen LogP contribution < -0.4 is 5.32 Å². The Morgan fingerprint density at radius 1 is 1.00 bits per heavy atom. The molecule has 0 amide bonds. The summed E-state index contributed by atoms with van der Waals surface area (Å²) in [5.41, 5.74) is 0. The predicted octanol–water partition coefficient (Wildman–Crippen LogP) is 3.62. The molecule has 0 spiro atoms. The minimum atomic E-state index is 0.753. The van der Waals surface area contributed by atoms with Gasteiger partial charge in [-0.25, -0.2) is 0 Å². The Bertz CT molecular complexity index is 287. The van der Waals surface area contributed by atoms with Crippen LogP contribution in [0.3, 0.4) is 0 Å². The zero-order chi connectivity index (χ0) is 14.7. The van der Waals surface area contributed by atoms with E-state index in [1.165, 1.54) is 45.3 Å². The summed E-state index contributed by atoms with van der Waals surface area (Å²) in [5.74, 6) is 4.47. The average Bonchev–Trinajstić information content (AvgIpc) is 2.87. The van der Waals surface area contributed by atoms with Gasteiger partial charge in [0.15, 0.2) is 0 Å². The summed E-state index contributed by atoms with van der Waals surface area (Å²) in [6.07, 6.45) is 5.66. The molecule has 2 heteroatoms. The lowest BCUT2D eigenvalue weighted by atomic mass is 9.73. The Hall–Kier alpha value is -0.0800. The van der Waals surface area contributed by atoms with Crippen LogP contribution in [0.25, 0.3) is 0 Å². The molecular formula is C18H36N2. The van der Waals surface area contributed by atoms with Crippen LogP contribution >= 0.6 is 0 Å². The minimum absolute atomic E-state index is 0.753. The molecule has 4 unspecified atom stereocenters. The van der Waals surface area contributed by atoms with Crippen LogP contribution in [-0.2, 0) is 0 Å².